The fourth-order valence-corrected chi connectivity index (χ4v) is 4.34. The third-order valence-corrected chi connectivity index (χ3v) is 6.28. The Hall–Kier alpha value is -3.20. The Bertz CT molecular complexity index is 1280. The van der Waals surface area contributed by atoms with Crippen molar-refractivity contribution < 1.29 is 36.5 Å². The van der Waals surface area contributed by atoms with Crippen LogP contribution in [0.3, 0.4) is 0 Å². The van der Waals surface area contributed by atoms with Gasteiger partial charge in [-0.3, -0.25) is 0 Å². The van der Waals surface area contributed by atoms with Crippen molar-refractivity contribution >= 4 is 0 Å². The predicted molar refractivity (Wildman–Crippen MR) is 128 cm³/mol. The van der Waals surface area contributed by atoms with E-state index in [0.717, 1.165) is 42.2 Å². The fourth-order valence-electron chi connectivity index (χ4n) is 4.34. The monoisotopic (exact) mass is 521 g/mol. The molecule has 0 saturated carbocycles. The molecule has 0 amide bonds. The largest absolute Gasteiger partial charge is 0.493 e. The molecule has 1 atom stereocenters. The number of alkyl halides is 3. The average molecular weight is 522 g/mol. The second-order valence-corrected chi connectivity index (χ2v) is 10.1. The molecule has 2 aromatic carbocycles. The molecule has 0 saturated heterocycles. The summed E-state index contributed by atoms with van der Waals surface area (Å²) in [6, 6.07) is 6.54. The molecule has 1 unspecified atom stereocenters. The minimum Gasteiger partial charge on any atom is -0.493 e. The molecular weight excluding hydrogens is 493 g/mol. The molecule has 0 bridgehead atoms. The van der Waals surface area contributed by atoms with Crippen molar-refractivity contribution in [2.75, 3.05) is 6.61 Å². The summed E-state index contributed by atoms with van der Waals surface area (Å²) < 4.78 is 82.0. The maximum atomic E-state index is 15.0. The second kappa shape index (κ2) is 10.3. The van der Waals surface area contributed by atoms with E-state index in [4.69, 9.17) is 9.47 Å². The van der Waals surface area contributed by atoms with Crippen LogP contribution in [-0.4, -0.2) is 22.3 Å². The van der Waals surface area contributed by atoms with Crippen LogP contribution < -0.4 is 9.47 Å². The zero-order chi connectivity index (χ0) is 27.0. The molecule has 0 fully saturated rings. The molecule has 1 aliphatic carbocycles. The standard InChI is InChI=1S/C28H28F5NO3/c1-16-8-17-11-26(34-14-18(17)9-16)37-15-19-10-22(23(13-24(19)29)28(31,32)33)21-5-4-20(12-25(21)30)36-7-6-27(2,3)35/h4-5,10-14,16,35H,6-9,15H2,1-3H3. The topological polar surface area (TPSA) is 51.6 Å². The molecule has 1 N–H and O–H groups in total. The molecule has 9 heteroatoms. The number of hydrogen-bond donors (Lipinski definition) is 1. The zero-order valence-electron chi connectivity index (χ0n) is 20.8. The number of halogens is 5. The molecule has 1 aromatic heterocycles. The average Bonchev–Trinajstić information content (AvgIpc) is 3.16. The van der Waals surface area contributed by atoms with Gasteiger partial charge in [0.25, 0.3) is 0 Å². The van der Waals surface area contributed by atoms with Gasteiger partial charge in [-0.15, -0.1) is 0 Å². The van der Waals surface area contributed by atoms with Gasteiger partial charge in [0.15, 0.2) is 0 Å². The Balaban J connectivity index is 1.60. The number of ether oxygens (including phenoxy) is 2. The highest BCUT2D eigenvalue weighted by Crippen LogP contribution is 2.40. The first-order chi connectivity index (χ1) is 17.3. The van der Waals surface area contributed by atoms with Crippen LogP contribution in [0.25, 0.3) is 11.1 Å². The number of hydrogen-bond acceptors (Lipinski definition) is 4. The minimum atomic E-state index is -4.91. The summed E-state index contributed by atoms with van der Waals surface area (Å²) >= 11 is 0. The fraction of sp³-hybridized carbons (Fsp3) is 0.393. The summed E-state index contributed by atoms with van der Waals surface area (Å²) in [5, 5.41) is 9.76. The van der Waals surface area contributed by atoms with E-state index in [0.29, 0.717) is 12.0 Å². The lowest BCUT2D eigenvalue weighted by Gasteiger charge is -2.18. The Labute approximate surface area is 212 Å². The first-order valence-electron chi connectivity index (χ1n) is 12.0. The number of aliphatic hydroxyl groups is 1. The predicted octanol–water partition coefficient (Wildman–Crippen LogP) is 6.90. The van der Waals surface area contributed by atoms with Crippen molar-refractivity contribution in [2.24, 2.45) is 5.92 Å². The van der Waals surface area contributed by atoms with E-state index in [1.165, 1.54) is 6.07 Å². The highest BCUT2D eigenvalue weighted by atomic mass is 19.4. The van der Waals surface area contributed by atoms with Crippen molar-refractivity contribution in [2.45, 2.75) is 58.4 Å². The van der Waals surface area contributed by atoms with Crippen LogP contribution in [0.15, 0.2) is 42.6 Å². The molecule has 4 rings (SSSR count). The van der Waals surface area contributed by atoms with Crippen LogP contribution in [0.4, 0.5) is 22.0 Å². The first-order valence-corrected chi connectivity index (χ1v) is 12.0. The summed E-state index contributed by atoms with van der Waals surface area (Å²) in [5.41, 5.74) is -1.11. The molecular formula is C28H28F5NO3. The number of nitrogens with zero attached hydrogens (tertiary/aromatic N) is 1. The van der Waals surface area contributed by atoms with Crippen molar-refractivity contribution in [3.8, 4) is 22.8 Å². The zero-order valence-corrected chi connectivity index (χ0v) is 20.8. The third-order valence-electron chi connectivity index (χ3n) is 6.28. The van der Waals surface area contributed by atoms with Gasteiger partial charge in [-0.2, -0.15) is 13.2 Å². The van der Waals surface area contributed by atoms with E-state index in [1.54, 1.807) is 26.1 Å². The quantitative estimate of drug-likeness (QED) is 0.328. The number of benzene rings is 2. The number of aromatic nitrogens is 1. The van der Waals surface area contributed by atoms with Crippen LogP contribution in [0.1, 0.15) is 49.4 Å². The van der Waals surface area contributed by atoms with Gasteiger partial charge in [0.2, 0.25) is 5.88 Å². The number of fused-ring (bicyclic) bond motifs is 1. The molecule has 1 heterocycles. The summed E-state index contributed by atoms with van der Waals surface area (Å²) in [4.78, 5) is 4.22. The highest BCUT2D eigenvalue weighted by molar-refractivity contribution is 5.70. The third kappa shape index (κ3) is 6.57. The minimum absolute atomic E-state index is 0.0871. The lowest BCUT2D eigenvalue weighted by molar-refractivity contribution is -0.137. The molecule has 0 radical (unpaired) electrons. The summed E-state index contributed by atoms with van der Waals surface area (Å²) in [6.45, 7) is 5.01. The maximum absolute atomic E-state index is 15.0. The molecule has 198 valence electrons. The van der Waals surface area contributed by atoms with E-state index in [-0.39, 0.29) is 42.4 Å². The van der Waals surface area contributed by atoms with Gasteiger partial charge in [-0.25, -0.2) is 13.8 Å². The van der Waals surface area contributed by atoms with Gasteiger partial charge in [0.1, 0.15) is 24.0 Å². The molecule has 4 nitrogen and oxygen atoms in total. The first kappa shape index (κ1) is 26.9. The van der Waals surface area contributed by atoms with Crippen LogP contribution >= 0.6 is 0 Å². The Morgan fingerprint density at radius 2 is 1.68 bits per heavy atom. The van der Waals surface area contributed by atoms with E-state index < -0.39 is 34.5 Å². The molecule has 0 aliphatic heterocycles. The van der Waals surface area contributed by atoms with E-state index in [1.807, 2.05) is 0 Å². The maximum Gasteiger partial charge on any atom is 0.417 e. The van der Waals surface area contributed by atoms with Crippen molar-refractivity contribution in [1.29, 1.82) is 0 Å². The second-order valence-electron chi connectivity index (χ2n) is 10.1. The molecule has 1 aliphatic rings. The summed E-state index contributed by atoms with van der Waals surface area (Å²) in [5.74, 6) is -1.25. The highest BCUT2D eigenvalue weighted by Gasteiger charge is 2.35. The van der Waals surface area contributed by atoms with E-state index in [9.17, 15) is 27.1 Å². The van der Waals surface area contributed by atoms with Crippen LogP contribution in [0, 0.1) is 17.6 Å². The van der Waals surface area contributed by atoms with Gasteiger partial charge >= 0.3 is 6.18 Å². The van der Waals surface area contributed by atoms with Gasteiger partial charge < -0.3 is 14.6 Å². The van der Waals surface area contributed by atoms with Gasteiger partial charge in [-0.05, 0) is 73.6 Å². The van der Waals surface area contributed by atoms with Crippen LogP contribution in [0.5, 0.6) is 11.6 Å². The number of pyridine rings is 1. The van der Waals surface area contributed by atoms with Crippen molar-refractivity contribution in [3.63, 3.8) is 0 Å². The Kier molecular flexibility index (Phi) is 7.46. The van der Waals surface area contributed by atoms with Crippen molar-refractivity contribution in [3.05, 3.63) is 76.5 Å². The Morgan fingerprint density at radius 1 is 0.946 bits per heavy atom. The van der Waals surface area contributed by atoms with Crippen molar-refractivity contribution in [1.82, 2.24) is 4.98 Å². The Morgan fingerprint density at radius 3 is 2.35 bits per heavy atom. The molecule has 0 spiro atoms. The van der Waals surface area contributed by atoms with Crippen LogP contribution in [0.2, 0.25) is 0 Å². The SMILES string of the molecule is CC1Cc2cnc(OCc3cc(-c4ccc(OCCC(C)(C)O)cc4F)c(C(F)(F)F)cc3F)cc2C1. The van der Waals surface area contributed by atoms with Crippen LogP contribution in [-0.2, 0) is 25.6 Å². The summed E-state index contributed by atoms with van der Waals surface area (Å²) in [6.07, 6.45) is -1.17. The van der Waals surface area contributed by atoms with E-state index >= 15 is 0 Å². The number of rotatable bonds is 8. The lowest BCUT2D eigenvalue weighted by Crippen LogP contribution is -2.21. The van der Waals surface area contributed by atoms with Gasteiger partial charge in [0, 0.05) is 35.9 Å². The lowest BCUT2D eigenvalue weighted by atomic mass is 9.96. The van der Waals surface area contributed by atoms with Gasteiger partial charge in [-0.1, -0.05) is 6.92 Å². The smallest absolute Gasteiger partial charge is 0.417 e. The van der Waals surface area contributed by atoms with Gasteiger partial charge in [0.05, 0.1) is 17.8 Å². The molecule has 37 heavy (non-hydrogen) atoms. The normalized spacial score (nSPS) is 15.5. The summed E-state index contributed by atoms with van der Waals surface area (Å²) in [7, 11) is 0. The molecule has 3 aromatic rings. The van der Waals surface area contributed by atoms with E-state index in [2.05, 4.69) is 11.9 Å².